The lowest BCUT2D eigenvalue weighted by Crippen LogP contribution is -2.12. The van der Waals surface area contributed by atoms with Gasteiger partial charge in [0.25, 0.3) is 0 Å². The van der Waals surface area contributed by atoms with Crippen molar-refractivity contribution in [1.29, 1.82) is 5.26 Å². The number of carbonyl (C=O) groups is 1. The molecule has 0 atom stereocenters. The van der Waals surface area contributed by atoms with Gasteiger partial charge >= 0.3 is 0 Å². The summed E-state index contributed by atoms with van der Waals surface area (Å²) in [4.78, 5) is 12.3. The number of Topliss-reactive ketones (excluding diaryl/α,β-unsaturated/α-hetero) is 1. The molecule has 1 aliphatic rings. The zero-order valence-corrected chi connectivity index (χ0v) is 13.7. The van der Waals surface area contributed by atoms with Gasteiger partial charge in [-0.2, -0.15) is 5.26 Å². The Hall–Kier alpha value is -2.60. The number of ether oxygens (including phenoxy) is 1. The molecule has 0 unspecified atom stereocenters. The van der Waals surface area contributed by atoms with Crippen LogP contribution < -0.4 is 4.74 Å². The minimum atomic E-state index is -0.0328. The van der Waals surface area contributed by atoms with E-state index in [0.717, 1.165) is 0 Å². The normalized spacial score (nSPS) is 14.8. The van der Waals surface area contributed by atoms with Gasteiger partial charge in [-0.1, -0.05) is 43.5 Å². The standard InChI is InChI=1S/C21H21NO2/c22-14-16-6-12-20(13-7-16)24-15-21(23)19-10-8-18(9-11-19)17-4-2-1-3-5-17/h6-13,17H,1-5,15H2. The Balaban J connectivity index is 1.57. The Labute approximate surface area is 142 Å². The van der Waals surface area contributed by atoms with E-state index in [0.29, 0.717) is 22.8 Å². The number of nitriles is 1. The second kappa shape index (κ2) is 7.79. The van der Waals surface area contributed by atoms with Crippen molar-refractivity contribution in [2.75, 3.05) is 6.61 Å². The molecule has 0 radical (unpaired) electrons. The fourth-order valence-corrected chi connectivity index (χ4v) is 3.24. The topological polar surface area (TPSA) is 50.1 Å². The van der Waals surface area contributed by atoms with Gasteiger partial charge in [0.05, 0.1) is 11.6 Å². The van der Waals surface area contributed by atoms with E-state index >= 15 is 0 Å². The van der Waals surface area contributed by atoms with Crippen LogP contribution in [0.15, 0.2) is 48.5 Å². The Morgan fingerprint density at radius 3 is 2.29 bits per heavy atom. The fourth-order valence-electron chi connectivity index (χ4n) is 3.24. The molecule has 0 N–H and O–H groups in total. The number of ketones is 1. The molecule has 2 aromatic rings. The molecule has 122 valence electrons. The largest absolute Gasteiger partial charge is 0.485 e. The average molecular weight is 319 g/mol. The molecule has 0 amide bonds. The molecule has 1 fully saturated rings. The number of rotatable bonds is 5. The highest BCUT2D eigenvalue weighted by atomic mass is 16.5. The van der Waals surface area contributed by atoms with E-state index in [4.69, 9.17) is 10.00 Å². The molecule has 0 spiro atoms. The summed E-state index contributed by atoms with van der Waals surface area (Å²) in [6, 6.07) is 16.8. The Morgan fingerprint density at radius 1 is 1.00 bits per heavy atom. The van der Waals surface area contributed by atoms with Gasteiger partial charge in [0.15, 0.2) is 12.4 Å². The summed E-state index contributed by atoms with van der Waals surface area (Å²) in [6.07, 6.45) is 6.48. The Kier molecular flexibility index (Phi) is 5.28. The maximum atomic E-state index is 12.3. The molecular formula is C21H21NO2. The Bertz CT molecular complexity index is 720. The maximum Gasteiger partial charge on any atom is 0.200 e. The maximum absolute atomic E-state index is 12.3. The summed E-state index contributed by atoms with van der Waals surface area (Å²) < 4.78 is 5.51. The molecule has 0 bridgehead atoms. The zero-order valence-electron chi connectivity index (χ0n) is 13.7. The molecule has 1 saturated carbocycles. The number of carbonyl (C=O) groups excluding carboxylic acids is 1. The van der Waals surface area contributed by atoms with Crippen molar-refractivity contribution in [3.05, 3.63) is 65.2 Å². The van der Waals surface area contributed by atoms with Gasteiger partial charge in [0.2, 0.25) is 0 Å². The molecule has 2 aromatic carbocycles. The molecule has 24 heavy (non-hydrogen) atoms. The van der Waals surface area contributed by atoms with Crippen LogP contribution in [0.4, 0.5) is 0 Å². The smallest absolute Gasteiger partial charge is 0.200 e. The van der Waals surface area contributed by atoms with Gasteiger partial charge in [-0.3, -0.25) is 4.79 Å². The molecule has 3 heteroatoms. The van der Waals surface area contributed by atoms with Crippen molar-refractivity contribution < 1.29 is 9.53 Å². The van der Waals surface area contributed by atoms with Gasteiger partial charge in [-0.15, -0.1) is 0 Å². The zero-order chi connectivity index (χ0) is 16.8. The van der Waals surface area contributed by atoms with E-state index in [1.807, 2.05) is 12.1 Å². The summed E-state index contributed by atoms with van der Waals surface area (Å²) in [5, 5.41) is 8.77. The molecule has 0 heterocycles. The third kappa shape index (κ3) is 4.02. The SMILES string of the molecule is N#Cc1ccc(OCC(=O)c2ccc(C3CCCCC3)cc2)cc1. The van der Waals surface area contributed by atoms with Crippen LogP contribution in [0.1, 0.15) is 59.5 Å². The second-order valence-electron chi connectivity index (χ2n) is 6.30. The second-order valence-corrected chi connectivity index (χ2v) is 6.30. The van der Waals surface area contributed by atoms with Crippen LogP contribution in [0.3, 0.4) is 0 Å². The number of benzene rings is 2. The van der Waals surface area contributed by atoms with E-state index in [1.54, 1.807) is 24.3 Å². The van der Waals surface area contributed by atoms with Gasteiger partial charge in [-0.25, -0.2) is 0 Å². The third-order valence-electron chi connectivity index (χ3n) is 4.66. The molecule has 0 saturated heterocycles. The minimum Gasteiger partial charge on any atom is -0.485 e. The van der Waals surface area contributed by atoms with E-state index in [9.17, 15) is 4.79 Å². The van der Waals surface area contributed by atoms with Crippen LogP contribution in [-0.2, 0) is 0 Å². The summed E-state index contributed by atoms with van der Waals surface area (Å²) in [6.45, 7) is 0.00861. The predicted octanol–water partition coefficient (Wildman–Crippen LogP) is 4.87. The first-order chi connectivity index (χ1) is 11.8. The monoisotopic (exact) mass is 319 g/mol. The highest BCUT2D eigenvalue weighted by molar-refractivity contribution is 5.97. The third-order valence-corrected chi connectivity index (χ3v) is 4.66. The Morgan fingerprint density at radius 2 is 1.67 bits per heavy atom. The predicted molar refractivity (Wildman–Crippen MR) is 93.3 cm³/mol. The van der Waals surface area contributed by atoms with Crippen molar-refractivity contribution >= 4 is 5.78 Å². The van der Waals surface area contributed by atoms with Crippen LogP contribution in [-0.4, -0.2) is 12.4 Å². The van der Waals surface area contributed by atoms with Crippen LogP contribution in [0, 0.1) is 11.3 Å². The fraction of sp³-hybridized carbons (Fsp3) is 0.333. The van der Waals surface area contributed by atoms with E-state index in [-0.39, 0.29) is 12.4 Å². The molecule has 1 aliphatic carbocycles. The van der Waals surface area contributed by atoms with Crippen molar-refractivity contribution in [3.8, 4) is 11.8 Å². The summed E-state index contributed by atoms with van der Waals surface area (Å²) in [5.74, 6) is 1.22. The molecular weight excluding hydrogens is 298 g/mol. The van der Waals surface area contributed by atoms with Gasteiger partial charge in [0, 0.05) is 5.56 Å². The first-order valence-corrected chi connectivity index (χ1v) is 8.52. The number of hydrogen-bond acceptors (Lipinski definition) is 3. The van der Waals surface area contributed by atoms with Crippen LogP contribution in [0.25, 0.3) is 0 Å². The highest BCUT2D eigenvalue weighted by Crippen LogP contribution is 2.32. The average Bonchev–Trinajstić information content (AvgIpc) is 2.67. The summed E-state index contributed by atoms with van der Waals surface area (Å²) >= 11 is 0. The lowest BCUT2D eigenvalue weighted by molar-refractivity contribution is 0.0921. The van der Waals surface area contributed by atoms with Crippen molar-refractivity contribution in [3.63, 3.8) is 0 Å². The van der Waals surface area contributed by atoms with Crippen LogP contribution in [0.5, 0.6) is 5.75 Å². The quantitative estimate of drug-likeness (QED) is 0.739. The van der Waals surface area contributed by atoms with E-state index in [1.165, 1.54) is 37.7 Å². The molecule has 3 rings (SSSR count). The van der Waals surface area contributed by atoms with Gasteiger partial charge in [-0.05, 0) is 48.6 Å². The lowest BCUT2D eigenvalue weighted by Gasteiger charge is -2.22. The summed E-state index contributed by atoms with van der Waals surface area (Å²) in [5.41, 5.74) is 2.61. The molecule has 0 aliphatic heterocycles. The van der Waals surface area contributed by atoms with Crippen molar-refractivity contribution in [1.82, 2.24) is 0 Å². The summed E-state index contributed by atoms with van der Waals surface area (Å²) in [7, 11) is 0. The van der Waals surface area contributed by atoms with Gasteiger partial charge in [0.1, 0.15) is 5.75 Å². The van der Waals surface area contributed by atoms with Crippen LogP contribution >= 0.6 is 0 Å². The van der Waals surface area contributed by atoms with Crippen molar-refractivity contribution in [2.45, 2.75) is 38.0 Å². The lowest BCUT2D eigenvalue weighted by atomic mass is 9.84. The van der Waals surface area contributed by atoms with E-state index < -0.39 is 0 Å². The number of hydrogen-bond donors (Lipinski definition) is 0. The first-order valence-electron chi connectivity index (χ1n) is 8.52. The minimum absolute atomic E-state index is 0.00861. The molecule has 3 nitrogen and oxygen atoms in total. The number of nitrogens with zero attached hydrogens (tertiary/aromatic N) is 1. The van der Waals surface area contributed by atoms with Crippen LogP contribution in [0.2, 0.25) is 0 Å². The first kappa shape index (κ1) is 16.3. The van der Waals surface area contributed by atoms with Gasteiger partial charge < -0.3 is 4.74 Å². The molecule has 0 aromatic heterocycles. The van der Waals surface area contributed by atoms with E-state index in [2.05, 4.69) is 18.2 Å². The highest BCUT2D eigenvalue weighted by Gasteiger charge is 2.16. The van der Waals surface area contributed by atoms with Crippen molar-refractivity contribution in [2.24, 2.45) is 0 Å².